The molecule has 1 aliphatic rings. The number of amides is 1. The van der Waals surface area contributed by atoms with Gasteiger partial charge in [0.05, 0.1) is 0 Å². The molecule has 0 spiro atoms. The highest BCUT2D eigenvalue weighted by Gasteiger charge is 2.49. The van der Waals surface area contributed by atoms with Gasteiger partial charge in [0.1, 0.15) is 6.04 Å². The van der Waals surface area contributed by atoms with Crippen molar-refractivity contribution in [3.63, 3.8) is 0 Å². The van der Waals surface area contributed by atoms with Crippen molar-refractivity contribution in [2.24, 2.45) is 0 Å². The predicted octanol–water partition coefficient (Wildman–Crippen LogP) is 2.07. The van der Waals surface area contributed by atoms with Gasteiger partial charge in [0.25, 0.3) is 0 Å². The van der Waals surface area contributed by atoms with Gasteiger partial charge in [-0.2, -0.15) is 0 Å². The lowest BCUT2D eigenvalue weighted by atomic mass is 9.74. The Morgan fingerprint density at radius 3 is 2.70 bits per heavy atom. The number of carboxylic acids is 1. The number of aliphatic carboxylic acids is 1. The molecule has 2 aromatic carbocycles. The van der Waals surface area contributed by atoms with Crippen LogP contribution < -0.4 is 5.32 Å². The zero-order valence-corrected chi connectivity index (χ0v) is 11.1. The monoisotopic (exact) mass is 269 g/mol. The molecule has 3 rings (SSSR count). The first kappa shape index (κ1) is 12.7. The molecule has 102 valence electrons. The predicted molar refractivity (Wildman–Crippen MR) is 75.5 cm³/mol. The van der Waals surface area contributed by atoms with Gasteiger partial charge in [0, 0.05) is 11.8 Å². The summed E-state index contributed by atoms with van der Waals surface area (Å²) in [5, 5.41) is 14.0. The lowest BCUT2D eigenvalue weighted by Gasteiger charge is -2.29. The Balaban J connectivity index is 2.23. The van der Waals surface area contributed by atoms with Crippen LogP contribution >= 0.6 is 0 Å². The zero-order chi connectivity index (χ0) is 14.3. The quantitative estimate of drug-likeness (QED) is 0.877. The number of carboxylic acid groups (broad SMARTS) is 1. The van der Waals surface area contributed by atoms with E-state index in [1.54, 1.807) is 0 Å². The molecule has 4 nitrogen and oxygen atoms in total. The van der Waals surface area contributed by atoms with Crippen LogP contribution in [0.5, 0.6) is 0 Å². The largest absolute Gasteiger partial charge is 0.480 e. The van der Waals surface area contributed by atoms with E-state index in [0.29, 0.717) is 0 Å². The summed E-state index contributed by atoms with van der Waals surface area (Å²) in [5.74, 6) is -1.21. The Kier molecular flexibility index (Phi) is 2.74. The van der Waals surface area contributed by atoms with Crippen molar-refractivity contribution in [1.82, 2.24) is 5.32 Å². The van der Waals surface area contributed by atoms with E-state index in [9.17, 15) is 14.7 Å². The Morgan fingerprint density at radius 1 is 1.25 bits per heavy atom. The molecule has 1 aliphatic heterocycles. The second-order valence-corrected chi connectivity index (χ2v) is 5.46. The summed E-state index contributed by atoms with van der Waals surface area (Å²) in [6, 6.07) is 12.8. The molecule has 0 aromatic heterocycles. The van der Waals surface area contributed by atoms with Gasteiger partial charge >= 0.3 is 5.97 Å². The minimum absolute atomic E-state index is 0.192. The lowest BCUT2D eigenvalue weighted by molar-refractivity contribution is -0.141. The molecule has 0 bridgehead atoms. The number of carbonyl (C=O) groups excluding carboxylic acids is 1. The first-order chi connectivity index (χ1) is 9.52. The van der Waals surface area contributed by atoms with Crippen LogP contribution in [0.3, 0.4) is 0 Å². The maximum absolute atomic E-state index is 11.7. The first-order valence-electron chi connectivity index (χ1n) is 6.53. The van der Waals surface area contributed by atoms with Crippen molar-refractivity contribution in [2.45, 2.75) is 24.8 Å². The van der Waals surface area contributed by atoms with Crippen molar-refractivity contribution in [1.29, 1.82) is 0 Å². The van der Waals surface area contributed by atoms with Crippen LogP contribution in [0.2, 0.25) is 0 Å². The normalized spacial score (nSPS) is 25.6. The molecule has 0 aliphatic carbocycles. The smallest absolute Gasteiger partial charge is 0.327 e. The summed E-state index contributed by atoms with van der Waals surface area (Å²) in [4.78, 5) is 23.2. The number of rotatable bonds is 2. The van der Waals surface area contributed by atoms with Crippen LogP contribution in [0.25, 0.3) is 10.8 Å². The molecular formula is C16H15NO3. The number of carbonyl (C=O) groups is 2. The van der Waals surface area contributed by atoms with Gasteiger partial charge in [-0.25, -0.2) is 4.79 Å². The van der Waals surface area contributed by atoms with Gasteiger partial charge in [0.15, 0.2) is 0 Å². The van der Waals surface area contributed by atoms with Crippen molar-refractivity contribution >= 4 is 22.6 Å². The highest BCUT2D eigenvalue weighted by atomic mass is 16.4. The third-order valence-corrected chi connectivity index (χ3v) is 4.12. The van der Waals surface area contributed by atoms with Gasteiger partial charge in [0.2, 0.25) is 5.91 Å². The number of fused-ring (bicyclic) bond motifs is 1. The third-order valence-electron chi connectivity index (χ3n) is 4.12. The Bertz CT molecular complexity index is 704. The summed E-state index contributed by atoms with van der Waals surface area (Å²) in [5.41, 5.74) is 0.172. The molecule has 1 heterocycles. The van der Waals surface area contributed by atoms with Gasteiger partial charge in [-0.05, 0) is 16.3 Å². The number of benzene rings is 2. The van der Waals surface area contributed by atoms with E-state index < -0.39 is 17.4 Å². The summed E-state index contributed by atoms with van der Waals surface area (Å²) in [7, 11) is 0. The van der Waals surface area contributed by atoms with Crippen LogP contribution in [-0.2, 0) is 15.0 Å². The molecular weight excluding hydrogens is 254 g/mol. The van der Waals surface area contributed by atoms with Crippen molar-refractivity contribution < 1.29 is 14.7 Å². The molecule has 0 radical (unpaired) electrons. The summed E-state index contributed by atoms with van der Waals surface area (Å²) < 4.78 is 0. The standard InChI is InChI=1S/C16H15NO3/c1-16(9-13(18)17-14(16)15(19)20)12-8-4-6-10-5-2-3-7-11(10)12/h2-8,14H,9H2,1H3,(H,17,18)(H,19,20). The van der Waals surface area contributed by atoms with Gasteiger partial charge < -0.3 is 10.4 Å². The van der Waals surface area contributed by atoms with Crippen LogP contribution in [-0.4, -0.2) is 23.0 Å². The van der Waals surface area contributed by atoms with Gasteiger partial charge in [-0.3, -0.25) is 4.79 Å². The van der Waals surface area contributed by atoms with Gasteiger partial charge in [-0.15, -0.1) is 0 Å². The minimum atomic E-state index is -0.994. The Hall–Kier alpha value is -2.36. The van der Waals surface area contributed by atoms with Crippen LogP contribution in [0.15, 0.2) is 42.5 Å². The average Bonchev–Trinajstić information content (AvgIpc) is 2.74. The maximum Gasteiger partial charge on any atom is 0.327 e. The van der Waals surface area contributed by atoms with E-state index in [2.05, 4.69) is 5.32 Å². The van der Waals surface area contributed by atoms with Crippen molar-refractivity contribution in [3.8, 4) is 0 Å². The van der Waals surface area contributed by atoms with Crippen molar-refractivity contribution in [2.75, 3.05) is 0 Å². The molecule has 2 unspecified atom stereocenters. The topological polar surface area (TPSA) is 66.4 Å². The van der Waals surface area contributed by atoms with Crippen LogP contribution in [0, 0.1) is 0 Å². The zero-order valence-electron chi connectivity index (χ0n) is 11.1. The molecule has 2 aromatic rings. The number of hydrogen-bond acceptors (Lipinski definition) is 2. The van der Waals surface area contributed by atoms with E-state index >= 15 is 0 Å². The van der Waals surface area contributed by atoms with E-state index in [4.69, 9.17) is 0 Å². The van der Waals surface area contributed by atoms with E-state index in [-0.39, 0.29) is 12.3 Å². The molecule has 1 saturated heterocycles. The molecule has 20 heavy (non-hydrogen) atoms. The molecule has 0 saturated carbocycles. The minimum Gasteiger partial charge on any atom is -0.480 e. The summed E-state index contributed by atoms with van der Waals surface area (Å²) in [6.45, 7) is 1.84. The van der Waals surface area contributed by atoms with Gasteiger partial charge in [-0.1, -0.05) is 49.4 Å². The maximum atomic E-state index is 11.7. The van der Waals surface area contributed by atoms with E-state index in [1.165, 1.54) is 0 Å². The fraction of sp³-hybridized carbons (Fsp3) is 0.250. The van der Waals surface area contributed by atoms with Crippen LogP contribution in [0.1, 0.15) is 18.9 Å². The van der Waals surface area contributed by atoms with E-state index in [0.717, 1.165) is 16.3 Å². The highest BCUT2D eigenvalue weighted by Crippen LogP contribution is 2.39. The SMILES string of the molecule is CC1(c2cccc3ccccc23)CC(=O)NC1C(=O)O. The highest BCUT2D eigenvalue weighted by molar-refractivity contribution is 5.94. The lowest BCUT2D eigenvalue weighted by Crippen LogP contribution is -2.44. The fourth-order valence-corrected chi connectivity index (χ4v) is 3.12. The van der Waals surface area contributed by atoms with Crippen LogP contribution in [0.4, 0.5) is 0 Å². The molecule has 4 heteroatoms. The van der Waals surface area contributed by atoms with E-state index in [1.807, 2.05) is 49.4 Å². The third kappa shape index (κ3) is 1.76. The average molecular weight is 269 g/mol. The Labute approximate surface area is 116 Å². The first-order valence-corrected chi connectivity index (χ1v) is 6.53. The molecule has 2 atom stereocenters. The summed E-state index contributed by atoms with van der Waals surface area (Å²) >= 11 is 0. The molecule has 1 fully saturated rings. The molecule has 2 N–H and O–H groups in total. The summed E-state index contributed by atoms with van der Waals surface area (Å²) in [6.07, 6.45) is 0.192. The Morgan fingerprint density at radius 2 is 1.95 bits per heavy atom. The second-order valence-electron chi connectivity index (χ2n) is 5.46. The number of nitrogens with one attached hydrogen (secondary N) is 1. The fourth-order valence-electron chi connectivity index (χ4n) is 3.12. The number of hydrogen-bond donors (Lipinski definition) is 2. The molecule has 1 amide bonds. The second kappa shape index (κ2) is 4.34. The van der Waals surface area contributed by atoms with Crippen molar-refractivity contribution in [3.05, 3.63) is 48.0 Å².